The van der Waals surface area contributed by atoms with Gasteiger partial charge in [-0.1, -0.05) is 104 Å². The molecule has 10 N–H and O–H groups in total. The van der Waals surface area contributed by atoms with Crippen LogP contribution in [0.5, 0.6) is 0 Å². The third-order valence-electron chi connectivity index (χ3n) is 10.2. The molecule has 28 heteroatoms. The fraction of sp³-hybridized carbons (Fsp3) is 0.784. The number of nitrogens with two attached hydrogens (primary N) is 1. The highest BCUT2D eigenvalue weighted by Crippen LogP contribution is 2.61. The molecule has 2 aromatic heterocycles. The summed E-state index contributed by atoms with van der Waals surface area (Å²) in [5.41, 5.74) is 4.29. The van der Waals surface area contributed by atoms with E-state index in [9.17, 15) is 57.9 Å². The van der Waals surface area contributed by atoms with Crippen LogP contribution in [0.25, 0.3) is 11.2 Å². The van der Waals surface area contributed by atoms with Crippen LogP contribution in [-0.2, 0) is 50.7 Å². The number of anilines is 1. The van der Waals surface area contributed by atoms with Crippen molar-refractivity contribution in [3.63, 3.8) is 0 Å². The maximum Gasteiger partial charge on any atom is 0.481 e. The summed E-state index contributed by atoms with van der Waals surface area (Å²) in [5.74, 6) is -0.243. The van der Waals surface area contributed by atoms with Gasteiger partial charge < -0.3 is 50.9 Å². The first-order valence-corrected chi connectivity index (χ1v) is 27.0. The Kier molecular flexibility index (Phi) is 23.6. The minimum Gasteiger partial charge on any atom is -0.386 e. The number of fused-ring (bicyclic) bond motifs is 1. The van der Waals surface area contributed by atoms with E-state index in [1.54, 1.807) is 0 Å². The van der Waals surface area contributed by atoms with Crippen LogP contribution in [-0.4, -0.2) is 123 Å². The fourth-order valence-electron chi connectivity index (χ4n) is 6.60. The summed E-state index contributed by atoms with van der Waals surface area (Å²) in [4.78, 5) is 88.3. The predicted octanol–water partition coefficient (Wildman–Crippen LogP) is 4.00. The van der Waals surface area contributed by atoms with Gasteiger partial charge in [0.15, 0.2) is 22.8 Å². The standard InChI is InChI=1S/C37H66N7O17P3S/c1-25(2)15-13-11-9-7-5-6-8-10-12-14-16-28(46)65-20-19-39-27(45)17-18-40-35(49)32(48)37(3,4)22-58-64(55,56)61-63(53,54)57-21-26-31(60-62(50,51)52)30(47)36(59-26)44-24-43-29-33(38)41-23-42-34(29)44/h23-26,30-32,36,47-48H,5-22H2,1-4H3,(H,39,45)(H,40,49)(H,53,54)(H,55,56)(H2,38,41,42)(H2,50,51,52)/t26-,30-,31-,32+,36-/m1/s1. The third-order valence-corrected chi connectivity index (χ3v) is 14.2. The zero-order valence-corrected chi connectivity index (χ0v) is 40.6. The Labute approximate surface area is 382 Å². The lowest BCUT2D eigenvalue weighted by Crippen LogP contribution is -2.46. The van der Waals surface area contributed by atoms with E-state index in [0.29, 0.717) is 12.2 Å². The van der Waals surface area contributed by atoms with Crippen LogP contribution in [0.1, 0.15) is 117 Å². The third kappa shape index (κ3) is 20.8. The summed E-state index contributed by atoms with van der Waals surface area (Å²) in [6.45, 7) is 5.10. The molecule has 1 aliphatic heterocycles. The number of hydrogen-bond donors (Lipinski definition) is 9. The van der Waals surface area contributed by atoms with E-state index in [2.05, 4.69) is 48.3 Å². The van der Waals surface area contributed by atoms with E-state index in [4.69, 9.17) is 19.5 Å². The average molecular weight is 1010 g/mol. The SMILES string of the molecule is CC(C)CCCCCCCCCCCCC(=O)SCCNC(=O)CCNC(=O)[C@H](O)C(C)(C)COP(=O)(O)OP(=O)(O)OC[C@H]1O[C@@H](n2cnc3c(N)ncnc32)[C@H](O)[C@@H]1OP(=O)(O)O. The molecule has 3 rings (SSSR count). The molecule has 0 aromatic carbocycles. The number of rotatable bonds is 32. The van der Waals surface area contributed by atoms with Crippen molar-refractivity contribution in [1.82, 2.24) is 30.2 Å². The Morgan fingerprint density at radius 3 is 2.14 bits per heavy atom. The van der Waals surface area contributed by atoms with Crippen molar-refractivity contribution in [2.45, 2.75) is 142 Å². The molecule has 1 fully saturated rings. The first-order valence-electron chi connectivity index (χ1n) is 21.5. The number of hydrogen-bond acceptors (Lipinski definition) is 18. The molecule has 1 saturated heterocycles. The van der Waals surface area contributed by atoms with Gasteiger partial charge in [-0.25, -0.2) is 28.6 Å². The molecular weight excluding hydrogens is 939 g/mol. The number of nitrogen functional groups attached to an aromatic ring is 1. The molecule has 0 spiro atoms. The van der Waals surface area contributed by atoms with E-state index in [0.717, 1.165) is 54.2 Å². The van der Waals surface area contributed by atoms with E-state index in [1.165, 1.54) is 65.2 Å². The van der Waals surface area contributed by atoms with Crippen molar-refractivity contribution in [3.8, 4) is 0 Å². The number of unbranched alkanes of at least 4 members (excludes halogenated alkanes) is 9. The van der Waals surface area contributed by atoms with Gasteiger partial charge in [0.25, 0.3) is 0 Å². The number of aliphatic hydroxyl groups excluding tert-OH is 2. The minimum atomic E-state index is -5.57. The Morgan fingerprint density at radius 1 is 0.892 bits per heavy atom. The quantitative estimate of drug-likeness (QED) is 0.0369. The van der Waals surface area contributed by atoms with Crippen molar-refractivity contribution >= 4 is 69.1 Å². The molecule has 2 aromatic rings. The number of thioether (sulfide) groups is 1. The second kappa shape index (κ2) is 26.9. The Bertz CT molecular complexity index is 1980. The van der Waals surface area contributed by atoms with Crippen molar-refractivity contribution in [3.05, 3.63) is 12.7 Å². The van der Waals surface area contributed by atoms with Gasteiger partial charge in [-0.2, -0.15) is 4.31 Å². The number of aliphatic hydroxyl groups is 2. The number of nitrogens with one attached hydrogen (secondary N) is 2. The summed E-state index contributed by atoms with van der Waals surface area (Å²) in [5, 5.41) is 26.6. The Hall–Kier alpha value is -2.44. The highest BCUT2D eigenvalue weighted by molar-refractivity contribution is 8.13. The molecule has 2 amide bonds. The Morgan fingerprint density at radius 2 is 1.51 bits per heavy atom. The van der Waals surface area contributed by atoms with Gasteiger partial charge in [-0.15, -0.1) is 0 Å². The molecule has 1 aliphatic rings. The first kappa shape index (κ1) is 56.9. The molecule has 65 heavy (non-hydrogen) atoms. The number of carbonyl (C=O) groups is 3. The van der Waals surface area contributed by atoms with Crippen LogP contribution in [0.15, 0.2) is 12.7 Å². The van der Waals surface area contributed by atoms with Gasteiger partial charge in [-0.3, -0.25) is 32.5 Å². The predicted molar refractivity (Wildman–Crippen MR) is 237 cm³/mol. The largest absolute Gasteiger partial charge is 0.481 e. The second-order valence-electron chi connectivity index (χ2n) is 16.8. The number of ether oxygens (including phenoxy) is 1. The number of imidazole rings is 1. The first-order chi connectivity index (χ1) is 30.4. The molecule has 0 bridgehead atoms. The van der Waals surface area contributed by atoms with Gasteiger partial charge >= 0.3 is 23.5 Å². The molecule has 3 heterocycles. The van der Waals surface area contributed by atoms with Crippen molar-refractivity contribution in [2.75, 3.05) is 37.8 Å². The summed E-state index contributed by atoms with van der Waals surface area (Å²) in [6, 6.07) is 0. The van der Waals surface area contributed by atoms with Crippen LogP contribution in [0.2, 0.25) is 0 Å². The number of nitrogens with zero attached hydrogens (tertiary/aromatic N) is 4. The number of aromatic nitrogens is 4. The van der Waals surface area contributed by atoms with E-state index >= 15 is 0 Å². The summed E-state index contributed by atoms with van der Waals surface area (Å²) < 4.78 is 62.4. The number of phosphoric acid groups is 3. The van der Waals surface area contributed by atoms with Crippen molar-refractivity contribution < 1.29 is 80.5 Å². The highest BCUT2D eigenvalue weighted by atomic mass is 32.2. The Balaban J connectivity index is 1.33. The van der Waals surface area contributed by atoms with Crippen LogP contribution in [0.3, 0.4) is 0 Å². The lowest BCUT2D eigenvalue weighted by atomic mass is 9.87. The minimum absolute atomic E-state index is 0.0335. The van der Waals surface area contributed by atoms with Gasteiger partial charge in [-0.05, 0) is 12.3 Å². The molecule has 2 unspecified atom stereocenters. The second-order valence-corrected chi connectivity index (χ2v) is 22.1. The van der Waals surface area contributed by atoms with Crippen LogP contribution >= 0.6 is 35.2 Å². The maximum atomic E-state index is 12.7. The maximum absolute atomic E-state index is 12.7. The summed E-state index contributed by atoms with van der Waals surface area (Å²) >= 11 is 1.15. The lowest BCUT2D eigenvalue weighted by molar-refractivity contribution is -0.137. The molecule has 372 valence electrons. The normalized spacial score (nSPS) is 20.4. The van der Waals surface area contributed by atoms with Crippen molar-refractivity contribution in [1.29, 1.82) is 0 Å². The smallest absolute Gasteiger partial charge is 0.386 e. The van der Waals surface area contributed by atoms with Gasteiger partial charge in [0, 0.05) is 37.1 Å². The van der Waals surface area contributed by atoms with Crippen LogP contribution < -0.4 is 16.4 Å². The molecule has 0 saturated carbocycles. The zero-order chi connectivity index (χ0) is 48.4. The molecular formula is C37H66N7O17P3S. The van der Waals surface area contributed by atoms with Gasteiger partial charge in [0.05, 0.1) is 19.5 Å². The number of carbonyl (C=O) groups excluding carboxylic acids is 3. The van der Waals surface area contributed by atoms with Crippen molar-refractivity contribution in [2.24, 2.45) is 11.3 Å². The number of amides is 2. The molecule has 7 atom stereocenters. The topological polar surface area (TPSA) is 364 Å². The summed E-state index contributed by atoms with van der Waals surface area (Å²) in [6.07, 6.45) is 6.80. The van der Waals surface area contributed by atoms with Crippen LogP contribution in [0.4, 0.5) is 5.82 Å². The summed E-state index contributed by atoms with van der Waals surface area (Å²) in [7, 11) is -16.4. The van der Waals surface area contributed by atoms with Gasteiger partial charge in [0.1, 0.15) is 36.3 Å². The highest BCUT2D eigenvalue weighted by Gasteiger charge is 2.50. The lowest BCUT2D eigenvalue weighted by Gasteiger charge is -2.30. The average Bonchev–Trinajstić information content (AvgIpc) is 3.77. The van der Waals surface area contributed by atoms with E-state index in [1.807, 2.05) is 0 Å². The monoisotopic (exact) mass is 1010 g/mol. The molecule has 0 radical (unpaired) electrons. The molecule has 0 aliphatic carbocycles. The van der Waals surface area contributed by atoms with Gasteiger partial charge in [0.2, 0.25) is 11.8 Å². The van der Waals surface area contributed by atoms with E-state index < -0.39 is 84.6 Å². The molecule has 24 nitrogen and oxygen atoms in total. The van der Waals surface area contributed by atoms with Crippen LogP contribution in [0, 0.1) is 11.3 Å². The van der Waals surface area contributed by atoms with E-state index in [-0.39, 0.29) is 41.6 Å². The number of phosphoric ester groups is 3. The fourth-order valence-corrected chi connectivity index (χ4v) is 10.2. The zero-order valence-electron chi connectivity index (χ0n) is 37.1.